The van der Waals surface area contributed by atoms with E-state index in [1.54, 1.807) is 24.3 Å². The summed E-state index contributed by atoms with van der Waals surface area (Å²) < 4.78 is 10.3. The third-order valence-corrected chi connectivity index (χ3v) is 3.56. The standard InChI is InChI=1S/C19H17N3O4/c1-13(23)20-11-14-7-9-16(10-8-14)19(24)25-12-17-21-18(22-26-17)15-5-3-2-4-6-15/h2-10H,11-12H2,1H3,(H,20,23). The number of benzene rings is 2. The van der Waals surface area contributed by atoms with E-state index >= 15 is 0 Å². The van der Waals surface area contributed by atoms with E-state index in [-0.39, 0.29) is 18.4 Å². The van der Waals surface area contributed by atoms with Gasteiger partial charge >= 0.3 is 5.97 Å². The van der Waals surface area contributed by atoms with E-state index in [1.165, 1.54) is 6.92 Å². The zero-order chi connectivity index (χ0) is 18.4. The van der Waals surface area contributed by atoms with Crippen LogP contribution in [-0.2, 0) is 22.7 Å². The average Bonchev–Trinajstić information content (AvgIpc) is 3.14. The van der Waals surface area contributed by atoms with E-state index in [1.807, 2.05) is 30.3 Å². The van der Waals surface area contributed by atoms with Gasteiger partial charge in [0.2, 0.25) is 11.7 Å². The fraction of sp³-hybridized carbons (Fsp3) is 0.158. The molecule has 0 saturated heterocycles. The van der Waals surface area contributed by atoms with Crippen LogP contribution in [0.15, 0.2) is 59.1 Å². The van der Waals surface area contributed by atoms with Crippen molar-refractivity contribution in [1.29, 1.82) is 0 Å². The summed E-state index contributed by atoms with van der Waals surface area (Å²) in [4.78, 5) is 27.2. The highest BCUT2D eigenvalue weighted by Gasteiger charge is 2.12. The molecule has 26 heavy (non-hydrogen) atoms. The summed E-state index contributed by atoms with van der Waals surface area (Å²) in [6, 6.07) is 16.2. The SMILES string of the molecule is CC(=O)NCc1ccc(C(=O)OCc2nc(-c3ccccc3)no2)cc1. The lowest BCUT2D eigenvalue weighted by atomic mass is 10.1. The zero-order valence-electron chi connectivity index (χ0n) is 14.1. The van der Waals surface area contributed by atoms with Crippen molar-refractivity contribution in [3.63, 3.8) is 0 Å². The van der Waals surface area contributed by atoms with Gasteiger partial charge in [-0.1, -0.05) is 47.6 Å². The lowest BCUT2D eigenvalue weighted by molar-refractivity contribution is -0.119. The molecule has 0 aliphatic rings. The Morgan fingerprint density at radius 2 is 1.81 bits per heavy atom. The first-order valence-electron chi connectivity index (χ1n) is 8.00. The van der Waals surface area contributed by atoms with E-state index < -0.39 is 5.97 Å². The number of rotatable bonds is 6. The summed E-state index contributed by atoms with van der Waals surface area (Å²) in [5.41, 5.74) is 2.11. The largest absolute Gasteiger partial charge is 0.452 e. The molecule has 1 heterocycles. The quantitative estimate of drug-likeness (QED) is 0.686. The van der Waals surface area contributed by atoms with Crippen LogP contribution in [0.4, 0.5) is 0 Å². The van der Waals surface area contributed by atoms with Crippen molar-refractivity contribution in [2.24, 2.45) is 0 Å². The number of aromatic nitrogens is 2. The van der Waals surface area contributed by atoms with Crippen LogP contribution >= 0.6 is 0 Å². The minimum absolute atomic E-state index is 0.105. The summed E-state index contributed by atoms with van der Waals surface area (Å²) in [6.07, 6.45) is 0. The normalized spacial score (nSPS) is 10.3. The predicted molar refractivity (Wildman–Crippen MR) is 92.8 cm³/mol. The Balaban J connectivity index is 1.55. The fourth-order valence-electron chi connectivity index (χ4n) is 2.21. The van der Waals surface area contributed by atoms with Gasteiger partial charge < -0.3 is 14.6 Å². The van der Waals surface area contributed by atoms with Crippen molar-refractivity contribution in [2.75, 3.05) is 0 Å². The van der Waals surface area contributed by atoms with Crippen LogP contribution in [0.25, 0.3) is 11.4 Å². The third-order valence-electron chi connectivity index (χ3n) is 3.56. The lowest BCUT2D eigenvalue weighted by Crippen LogP contribution is -2.18. The molecule has 7 heteroatoms. The van der Waals surface area contributed by atoms with Gasteiger partial charge in [0.25, 0.3) is 5.89 Å². The van der Waals surface area contributed by atoms with Crippen LogP contribution < -0.4 is 5.32 Å². The Kier molecular flexibility index (Phi) is 5.38. The molecular weight excluding hydrogens is 334 g/mol. The van der Waals surface area contributed by atoms with Crippen LogP contribution in [0.2, 0.25) is 0 Å². The second-order valence-electron chi connectivity index (χ2n) is 5.56. The Morgan fingerprint density at radius 3 is 2.50 bits per heavy atom. The highest BCUT2D eigenvalue weighted by Crippen LogP contribution is 2.15. The maximum atomic E-state index is 12.1. The van der Waals surface area contributed by atoms with Crippen molar-refractivity contribution in [2.45, 2.75) is 20.1 Å². The molecule has 1 amide bonds. The number of esters is 1. The van der Waals surface area contributed by atoms with E-state index in [0.717, 1.165) is 11.1 Å². The molecule has 1 aromatic heterocycles. The number of amides is 1. The maximum Gasteiger partial charge on any atom is 0.338 e. The number of ether oxygens (including phenoxy) is 1. The third kappa shape index (κ3) is 4.54. The van der Waals surface area contributed by atoms with Gasteiger partial charge in [-0.05, 0) is 17.7 Å². The molecule has 0 aliphatic carbocycles. The average molecular weight is 351 g/mol. The van der Waals surface area contributed by atoms with Crippen molar-refractivity contribution < 1.29 is 18.8 Å². The minimum atomic E-state index is -0.490. The molecule has 0 fully saturated rings. The van der Waals surface area contributed by atoms with Crippen LogP contribution in [0.5, 0.6) is 0 Å². The summed E-state index contributed by atoms with van der Waals surface area (Å²) in [6.45, 7) is 1.76. The molecule has 0 atom stereocenters. The molecule has 3 aromatic rings. The summed E-state index contributed by atoms with van der Waals surface area (Å²) in [5.74, 6) is 0.0666. The predicted octanol–water partition coefficient (Wildman–Crippen LogP) is 2.73. The second kappa shape index (κ2) is 8.06. The van der Waals surface area contributed by atoms with Crippen molar-refractivity contribution in [1.82, 2.24) is 15.5 Å². The number of carbonyl (C=O) groups excluding carboxylic acids is 2. The molecule has 2 aromatic carbocycles. The number of nitrogens with one attached hydrogen (secondary N) is 1. The zero-order valence-corrected chi connectivity index (χ0v) is 14.1. The van der Waals surface area contributed by atoms with Gasteiger partial charge in [-0.15, -0.1) is 0 Å². The van der Waals surface area contributed by atoms with E-state index in [0.29, 0.717) is 17.9 Å². The monoisotopic (exact) mass is 351 g/mol. The van der Waals surface area contributed by atoms with Gasteiger partial charge in [-0.2, -0.15) is 4.98 Å². The highest BCUT2D eigenvalue weighted by atomic mass is 16.6. The van der Waals surface area contributed by atoms with Gasteiger partial charge in [0.05, 0.1) is 5.56 Å². The number of carbonyl (C=O) groups is 2. The molecule has 132 valence electrons. The van der Waals surface area contributed by atoms with Crippen molar-refractivity contribution >= 4 is 11.9 Å². The van der Waals surface area contributed by atoms with Gasteiger partial charge in [0.1, 0.15) is 0 Å². The Morgan fingerprint density at radius 1 is 1.08 bits per heavy atom. The van der Waals surface area contributed by atoms with E-state index in [2.05, 4.69) is 15.5 Å². The summed E-state index contributed by atoms with van der Waals surface area (Å²) in [7, 11) is 0. The van der Waals surface area contributed by atoms with Gasteiger partial charge in [-0.25, -0.2) is 4.79 Å². The number of hydrogen-bond donors (Lipinski definition) is 1. The highest BCUT2D eigenvalue weighted by molar-refractivity contribution is 5.89. The molecule has 0 aliphatic heterocycles. The Labute approximate surface area is 150 Å². The molecule has 0 saturated carbocycles. The van der Waals surface area contributed by atoms with E-state index in [4.69, 9.17) is 9.26 Å². The molecule has 3 rings (SSSR count). The molecule has 1 N–H and O–H groups in total. The Hall–Kier alpha value is -3.48. The van der Waals surface area contributed by atoms with Crippen LogP contribution in [0.3, 0.4) is 0 Å². The van der Waals surface area contributed by atoms with Crippen LogP contribution in [0.1, 0.15) is 28.7 Å². The molecule has 0 radical (unpaired) electrons. The first-order chi connectivity index (χ1) is 12.6. The minimum Gasteiger partial charge on any atom is -0.452 e. The molecular formula is C19H17N3O4. The van der Waals surface area contributed by atoms with Crippen LogP contribution in [-0.4, -0.2) is 22.0 Å². The molecule has 0 unspecified atom stereocenters. The number of nitrogens with zero attached hydrogens (tertiary/aromatic N) is 2. The number of hydrogen-bond acceptors (Lipinski definition) is 6. The first-order valence-corrected chi connectivity index (χ1v) is 8.00. The van der Waals surface area contributed by atoms with Crippen molar-refractivity contribution in [3.05, 3.63) is 71.6 Å². The summed E-state index contributed by atoms with van der Waals surface area (Å²) in [5, 5.41) is 6.56. The lowest BCUT2D eigenvalue weighted by Gasteiger charge is -2.05. The first kappa shape index (κ1) is 17.3. The smallest absolute Gasteiger partial charge is 0.338 e. The van der Waals surface area contributed by atoms with Gasteiger partial charge in [0.15, 0.2) is 6.61 Å². The molecule has 0 spiro atoms. The van der Waals surface area contributed by atoms with Crippen molar-refractivity contribution in [3.8, 4) is 11.4 Å². The maximum absolute atomic E-state index is 12.1. The van der Waals surface area contributed by atoms with E-state index in [9.17, 15) is 9.59 Å². The molecule has 0 bridgehead atoms. The van der Waals surface area contributed by atoms with Gasteiger partial charge in [-0.3, -0.25) is 4.79 Å². The Bertz CT molecular complexity index is 889. The van der Waals surface area contributed by atoms with Crippen LogP contribution in [0, 0.1) is 0 Å². The summed E-state index contributed by atoms with van der Waals surface area (Å²) >= 11 is 0. The van der Waals surface area contributed by atoms with Gasteiger partial charge in [0, 0.05) is 19.0 Å². The topological polar surface area (TPSA) is 94.3 Å². The fourth-order valence-corrected chi connectivity index (χ4v) is 2.21. The molecule has 7 nitrogen and oxygen atoms in total. The second-order valence-corrected chi connectivity index (χ2v) is 5.56.